The predicted molar refractivity (Wildman–Crippen MR) is 64.7 cm³/mol. The Balaban J connectivity index is 2.00. The molecule has 2 N–H and O–H groups in total. The van der Waals surface area contributed by atoms with E-state index in [1.54, 1.807) is 6.92 Å². The lowest BCUT2D eigenvalue weighted by atomic mass is 10.2. The first-order valence-electron chi connectivity index (χ1n) is 5.88. The van der Waals surface area contributed by atoms with E-state index in [1.165, 1.54) is 0 Å². The molecule has 0 aromatic heterocycles. The van der Waals surface area contributed by atoms with Crippen molar-refractivity contribution >= 4 is 15.9 Å². The Bertz CT molecular complexity index is 342. The van der Waals surface area contributed by atoms with Crippen LogP contribution in [0.1, 0.15) is 19.8 Å². The van der Waals surface area contributed by atoms with E-state index >= 15 is 0 Å². The van der Waals surface area contributed by atoms with E-state index in [4.69, 9.17) is 4.74 Å². The van der Waals surface area contributed by atoms with Gasteiger partial charge >= 0.3 is 6.09 Å². The molecule has 0 aromatic carbocycles. The summed E-state index contributed by atoms with van der Waals surface area (Å²) in [6.45, 7) is 3.35. The monoisotopic (exact) mass is 264 g/mol. The Kier molecular flexibility index (Phi) is 5.70. The lowest BCUT2D eigenvalue weighted by Crippen LogP contribution is -2.33. The number of nitrogens with one attached hydrogen (secondary N) is 2. The van der Waals surface area contributed by atoms with Crippen LogP contribution in [0, 0.1) is 0 Å². The summed E-state index contributed by atoms with van der Waals surface area (Å²) in [5, 5.41) is 5.78. The molecule has 1 aliphatic heterocycles. The van der Waals surface area contributed by atoms with Gasteiger partial charge in [-0.1, -0.05) is 0 Å². The number of amides is 1. The molecule has 1 rings (SSSR count). The quantitative estimate of drug-likeness (QED) is 0.654. The molecule has 0 unspecified atom stereocenters. The summed E-state index contributed by atoms with van der Waals surface area (Å²) in [6.07, 6.45) is 1.04. The molecule has 0 aliphatic carbocycles. The van der Waals surface area contributed by atoms with Gasteiger partial charge in [0.25, 0.3) is 0 Å². The number of carbonyl (C=O) groups excluding carboxylic acids is 1. The molecule has 0 radical (unpaired) electrons. The SMILES string of the molecule is CCOC(=O)NCCCN[C@H]1CCS(=O)(=O)C1. The molecule has 1 fully saturated rings. The number of carbonyl (C=O) groups is 1. The van der Waals surface area contributed by atoms with E-state index in [2.05, 4.69) is 10.6 Å². The van der Waals surface area contributed by atoms with Gasteiger partial charge in [-0.2, -0.15) is 0 Å². The lowest BCUT2D eigenvalue weighted by Gasteiger charge is -2.10. The van der Waals surface area contributed by atoms with Crippen LogP contribution in [0.2, 0.25) is 0 Å². The highest BCUT2D eigenvalue weighted by Gasteiger charge is 2.26. The van der Waals surface area contributed by atoms with Crippen molar-refractivity contribution in [1.29, 1.82) is 0 Å². The van der Waals surface area contributed by atoms with Crippen molar-refractivity contribution in [2.45, 2.75) is 25.8 Å². The molecular formula is C10H20N2O4S. The van der Waals surface area contributed by atoms with Crippen LogP contribution in [0.4, 0.5) is 4.79 Å². The van der Waals surface area contributed by atoms with Gasteiger partial charge in [-0.25, -0.2) is 13.2 Å². The standard InChI is InChI=1S/C10H20N2O4S/c1-2-16-10(13)12-6-3-5-11-9-4-7-17(14,15)8-9/h9,11H,2-8H2,1H3,(H,12,13)/t9-/m0/s1. The third-order valence-electron chi connectivity index (χ3n) is 2.56. The second-order valence-corrected chi connectivity index (χ2v) is 6.28. The van der Waals surface area contributed by atoms with Crippen LogP contribution in [-0.2, 0) is 14.6 Å². The largest absolute Gasteiger partial charge is 0.450 e. The fraction of sp³-hybridized carbons (Fsp3) is 0.900. The minimum atomic E-state index is -2.81. The zero-order valence-corrected chi connectivity index (χ0v) is 10.9. The third-order valence-corrected chi connectivity index (χ3v) is 4.33. The molecule has 7 heteroatoms. The van der Waals surface area contributed by atoms with Crippen LogP contribution in [-0.4, -0.2) is 51.8 Å². The topological polar surface area (TPSA) is 84.5 Å². The summed E-state index contributed by atoms with van der Waals surface area (Å²) in [5.74, 6) is 0.518. The zero-order valence-electron chi connectivity index (χ0n) is 10.1. The van der Waals surface area contributed by atoms with Gasteiger partial charge in [0.2, 0.25) is 0 Å². The van der Waals surface area contributed by atoms with E-state index in [0.717, 1.165) is 6.42 Å². The maximum atomic E-state index is 11.2. The van der Waals surface area contributed by atoms with Gasteiger partial charge in [-0.15, -0.1) is 0 Å². The van der Waals surface area contributed by atoms with E-state index in [0.29, 0.717) is 26.1 Å². The molecule has 1 heterocycles. The van der Waals surface area contributed by atoms with Gasteiger partial charge in [0.1, 0.15) is 0 Å². The minimum absolute atomic E-state index is 0.0718. The van der Waals surface area contributed by atoms with E-state index < -0.39 is 15.9 Å². The molecule has 100 valence electrons. The Morgan fingerprint density at radius 1 is 1.41 bits per heavy atom. The molecule has 0 spiro atoms. The summed E-state index contributed by atoms with van der Waals surface area (Å²) in [7, 11) is -2.81. The summed E-state index contributed by atoms with van der Waals surface area (Å²) in [4.78, 5) is 10.9. The van der Waals surface area contributed by atoms with Gasteiger partial charge in [-0.05, 0) is 26.3 Å². The van der Waals surface area contributed by atoms with E-state index in [1.807, 2.05) is 0 Å². The highest BCUT2D eigenvalue weighted by atomic mass is 32.2. The average Bonchev–Trinajstić information content (AvgIpc) is 2.58. The molecule has 1 atom stereocenters. The van der Waals surface area contributed by atoms with Crippen LogP contribution in [0.15, 0.2) is 0 Å². The number of alkyl carbamates (subject to hydrolysis) is 1. The first-order chi connectivity index (χ1) is 8.03. The molecule has 6 nitrogen and oxygen atoms in total. The Hall–Kier alpha value is -0.820. The maximum Gasteiger partial charge on any atom is 0.407 e. The van der Waals surface area contributed by atoms with Crippen molar-refractivity contribution in [3.63, 3.8) is 0 Å². The number of hydrogen-bond acceptors (Lipinski definition) is 5. The molecule has 0 aromatic rings. The predicted octanol–water partition coefficient (Wildman–Crippen LogP) is -0.101. The highest BCUT2D eigenvalue weighted by molar-refractivity contribution is 7.91. The average molecular weight is 264 g/mol. The van der Waals surface area contributed by atoms with Crippen LogP contribution < -0.4 is 10.6 Å². The molecule has 1 amide bonds. The second-order valence-electron chi connectivity index (χ2n) is 4.05. The Morgan fingerprint density at radius 3 is 2.76 bits per heavy atom. The van der Waals surface area contributed by atoms with Crippen molar-refractivity contribution in [1.82, 2.24) is 10.6 Å². The van der Waals surface area contributed by atoms with Gasteiger partial charge in [0.05, 0.1) is 18.1 Å². The van der Waals surface area contributed by atoms with Gasteiger partial charge < -0.3 is 15.4 Å². The molecular weight excluding hydrogens is 244 g/mol. The maximum absolute atomic E-state index is 11.2. The Labute approximate surface area is 102 Å². The summed E-state index contributed by atoms with van der Waals surface area (Å²) >= 11 is 0. The molecule has 0 saturated carbocycles. The second kappa shape index (κ2) is 6.80. The van der Waals surface area contributed by atoms with Crippen LogP contribution in [0.25, 0.3) is 0 Å². The van der Waals surface area contributed by atoms with Crippen LogP contribution in [0.5, 0.6) is 0 Å². The number of ether oxygens (including phenoxy) is 1. The van der Waals surface area contributed by atoms with Crippen molar-refractivity contribution in [3.8, 4) is 0 Å². The lowest BCUT2D eigenvalue weighted by molar-refractivity contribution is 0.152. The zero-order chi connectivity index (χ0) is 12.7. The van der Waals surface area contributed by atoms with Crippen molar-refractivity contribution in [2.24, 2.45) is 0 Å². The molecule has 1 aliphatic rings. The summed E-state index contributed by atoms with van der Waals surface area (Å²) < 4.78 is 27.1. The van der Waals surface area contributed by atoms with E-state index in [-0.39, 0.29) is 17.5 Å². The summed E-state index contributed by atoms with van der Waals surface area (Å²) in [6, 6.07) is 0.0718. The van der Waals surface area contributed by atoms with Gasteiger partial charge in [0.15, 0.2) is 9.84 Å². The van der Waals surface area contributed by atoms with Gasteiger partial charge in [0, 0.05) is 12.6 Å². The van der Waals surface area contributed by atoms with Crippen molar-refractivity contribution in [2.75, 3.05) is 31.2 Å². The van der Waals surface area contributed by atoms with Gasteiger partial charge in [-0.3, -0.25) is 0 Å². The van der Waals surface area contributed by atoms with Crippen LogP contribution in [0.3, 0.4) is 0 Å². The minimum Gasteiger partial charge on any atom is -0.450 e. The molecule has 17 heavy (non-hydrogen) atoms. The summed E-state index contributed by atoms with van der Waals surface area (Å²) in [5.41, 5.74) is 0. The third kappa shape index (κ3) is 5.88. The smallest absolute Gasteiger partial charge is 0.407 e. The number of hydrogen-bond donors (Lipinski definition) is 2. The highest BCUT2D eigenvalue weighted by Crippen LogP contribution is 2.10. The van der Waals surface area contributed by atoms with E-state index in [9.17, 15) is 13.2 Å². The Morgan fingerprint density at radius 2 is 2.18 bits per heavy atom. The fourth-order valence-electron chi connectivity index (χ4n) is 1.72. The molecule has 0 bridgehead atoms. The van der Waals surface area contributed by atoms with Crippen LogP contribution >= 0.6 is 0 Å². The molecule has 1 saturated heterocycles. The first-order valence-corrected chi connectivity index (χ1v) is 7.70. The first kappa shape index (κ1) is 14.2. The number of sulfone groups is 1. The van der Waals surface area contributed by atoms with Crippen molar-refractivity contribution in [3.05, 3.63) is 0 Å². The van der Waals surface area contributed by atoms with Crippen molar-refractivity contribution < 1.29 is 17.9 Å². The fourth-order valence-corrected chi connectivity index (χ4v) is 3.43. The number of rotatable bonds is 6. The normalized spacial score (nSPS) is 22.3.